The smallest absolute Gasteiger partial charge is 0.407 e. The maximum atomic E-state index is 13.2. The van der Waals surface area contributed by atoms with Crippen molar-refractivity contribution in [1.82, 2.24) is 5.32 Å². The number of nitrogens with one attached hydrogen (secondary N) is 1. The van der Waals surface area contributed by atoms with Gasteiger partial charge >= 0.3 is 6.09 Å². The second-order valence-corrected chi connectivity index (χ2v) is 10.0. The Kier molecular flexibility index (Phi) is 5.05. The molecule has 1 amide bonds. The summed E-state index contributed by atoms with van der Waals surface area (Å²) in [5.41, 5.74) is 5.18. The summed E-state index contributed by atoms with van der Waals surface area (Å²) in [6.07, 6.45) is 5.99. The molecular weight excluding hydrogens is 356 g/mol. The third-order valence-corrected chi connectivity index (χ3v) is 8.81. The number of fused-ring (bicyclic) bond motifs is 5. The molecule has 0 aromatic rings. The molecule has 4 fully saturated rings. The van der Waals surface area contributed by atoms with Crippen LogP contribution in [0.2, 0.25) is 0 Å². The van der Waals surface area contributed by atoms with E-state index in [4.69, 9.17) is 10.5 Å². The summed E-state index contributed by atoms with van der Waals surface area (Å²) in [6, 6.07) is 0. The van der Waals surface area contributed by atoms with E-state index >= 15 is 0 Å². The average Bonchev–Trinajstić information content (AvgIpc) is 2.96. The van der Waals surface area contributed by atoms with E-state index in [9.17, 15) is 14.4 Å². The van der Waals surface area contributed by atoms with Crippen molar-refractivity contribution >= 4 is 17.7 Å². The van der Waals surface area contributed by atoms with Gasteiger partial charge in [-0.05, 0) is 61.7 Å². The zero-order chi connectivity index (χ0) is 20.1. The highest BCUT2D eigenvalue weighted by Crippen LogP contribution is 2.64. The summed E-state index contributed by atoms with van der Waals surface area (Å²) in [5, 5.41) is 2.65. The molecule has 6 heteroatoms. The standard InChI is InChI=1S/C22H34N2O4/c1-21-7-5-13(28-20(27)24-10-9-23)11-17(21)18(25)12-14-15-3-4-19(26)22(15,2)8-6-16(14)21/h13-17H,3-12,23H2,1-2H3,(H,24,27)/t13?,14-,15-,16+,17?,21+,22-/m0/s1. The van der Waals surface area contributed by atoms with E-state index in [1.54, 1.807) is 0 Å². The fourth-order valence-corrected chi connectivity index (χ4v) is 7.25. The number of alkyl carbamates (subject to hydrolysis) is 1. The fourth-order valence-electron chi connectivity index (χ4n) is 7.25. The SMILES string of the molecule is C[C@]12CCC(OC(=O)NCCN)CC1C(=O)C[C@@H]1[C@H]2CC[C@]2(C)C(=O)CC[C@@H]12. The molecule has 0 aromatic carbocycles. The predicted octanol–water partition coefficient (Wildman–Crippen LogP) is 2.83. The second-order valence-electron chi connectivity index (χ2n) is 10.0. The van der Waals surface area contributed by atoms with E-state index in [0.29, 0.717) is 61.7 Å². The summed E-state index contributed by atoms with van der Waals surface area (Å²) in [6.45, 7) is 5.21. The molecule has 4 aliphatic rings. The molecule has 0 saturated heterocycles. The molecule has 0 bridgehead atoms. The molecule has 6 nitrogen and oxygen atoms in total. The van der Waals surface area contributed by atoms with Gasteiger partial charge in [-0.15, -0.1) is 0 Å². The molecule has 4 saturated carbocycles. The maximum Gasteiger partial charge on any atom is 0.407 e. The molecule has 7 atom stereocenters. The highest BCUT2D eigenvalue weighted by Gasteiger charge is 2.62. The first kappa shape index (κ1) is 19.9. The highest BCUT2D eigenvalue weighted by molar-refractivity contribution is 5.88. The van der Waals surface area contributed by atoms with E-state index < -0.39 is 6.09 Å². The molecule has 0 aliphatic heterocycles. The molecule has 3 N–H and O–H groups in total. The number of hydrogen-bond acceptors (Lipinski definition) is 5. The predicted molar refractivity (Wildman–Crippen MR) is 104 cm³/mol. The van der Waals surface area contributed by atoms with Crippen LogP contribution in [-0.4, -0.2) is 36.9 Å². The Morgan fingerprint density at radius 2 is 1.96 bits per heavy atom. The minimum Gasteiger partial charge on any atom is -0.446 e. The number of hydrogen-bond donors (Lipinski definition) is 2. The Morgan fingerprint density at radius 1 is 1.18 bits per heavy atom. The highest BCUT2D eigenvalue weighted by atomic mass is 16.6. The molecule has 0 spiro atoms. The Morgan fingerprint density at radius 3 is 2.71 bits per heavy atom. The average molecular weight is 391 g/mol. The minimum atomic E-state index is -0.432. The van der Waals surface area contributed by atoms with Gasteiger partial charge in [-0.25, -0.2) is 4.79 Å². The number of Topliss-reactive ketones (excluding diaryl/α,β-unsaturated/α-hetero) is 2. The third kappa shape index (κ3) is 2.99. The van der Waals surface area contributed by atoms with Gasteiger partial charge < -0.3 is 15.8 Å². The minimum absolute atomic E-state index is 0.0272. The fraction of sp³-hybridized carbons (Fsp3) is 0.864. The van der Waals surface area contributed by atoms with Gasteiger partial charge in [0.2, 0.25) is 0 Å². The summed E-state index contributed by atoms with van der Waals surface area (Å²) >= 11 is 0. The van der Waals surface area contributed by atoms with Crippen LogP contribution in [0.3, 0.4) is 0 Å². The molecule has 0 aromatic heterocycles. The van der Waals surface area contributed by atoms with Gasteiger partial charge in [-0.3, -0.25) is 9.59 Å². The molecule has 28 heavy (non-hydrogen) atoms. The topological polar surface area (TPSA) is 98.5 Å². The maximum absolute atomic E-state index is 13.2. The summed E-state index contributed by atoms with van der Waals surface area (Å²) in [5.74, 6) is 1.93. The van der Waals surface area contributed by atoms with E-state index in [0.717, 1.165) is 32.1 Å². The van der Waals surface area contributed by atoms with E-state index in [-0.39, 0.29) is 22.9 Å². The number of carbonyl (C=O) groups is 3. The van der Waals surface area contributed by atoms with Crippen LogP contribution in [-0.2, 0) is 14.3 Å². The van der Waals surface area contributed by atoms with Crippen LogP contribution >= 0.6 is 0 Å². The van der Waals surface area contributed by atoms with Crippen LogP contribution in [0.5, 0.6) is 0 Å². The van der Waals surface area contributed by atoms with Crippen LogP contribution < -0.4 is 11.1 Å². The normalized spacial score (nSPS) is 45.0. The number of nitrogens with two attached hydrogens (primary N) is 1. The van der Waals surface area contributed by atoms with Gasteiger partial charge in [0, 0.05) is 37.3 Å². The van der Waals surface area contributed by atoms with Gasteiger partial charge in [-0.1, -0.05) is 13.8 Å². The van der Waals surface area contributed by atoms with Crippen LogP contribution in [0, 0.1) is 34.5 Å². The van der Waals surface area contributed by atoms with Gasteiger partial charge in [-0.2, -0.15) is 0 Å². The van der Waals surface area contributed by atoms with Crippen molar-refractivity contribution in [1.29, 1.82) is 0 Å². The van der Waals surface area contributed by atoms with Gasteiger partial charge in [0.05, 0.1) is 0 Å². The first-order valence-electron chi connectivity index (χ1n) is 11.0. The molecular formula is C22H34N2O4. The lowest BCUT2D eigenvalue weighted by atomic mass is 9.45. The number of amides is 1. The van der Waals surface area contributed by atoms with Crippen LogP contribution in [0.4, 0.5) is 4.79 Å². The number of ether oxygens (including phenoxy) is 1. The molecule has 156 valence electrons. The number of rotatable bonds is 3. The van der Waals surface area contributed by atoms with Crippen molar-refractivity contribution in [3.8, 4) is 0 Å². The van der Waals surface area contributed by atoms with Crippen molar-refractivity contribution in [3.63, 3.8) is 0 Å². The zero-order valence-corrected chi connectivity index (χ0v) is 17.2. The summed E-state index contributed by atoms with van der Waals surface area (Å²) in [4.78, 5) is 37.6. The van der Waals surface area contributed by atoms with Crippen molar-refractivity contribution in [2.45, 2.75) is 71.3 Å². The lowest BCUT2D eigenvalue weighted by Gasteiger charge is -2.59. The van der Waals surface area contributed by atoms with Crippen LogP contribution in [0.25, 0.3) is 0 Å². The number of ketones is 2. The third-order valence-electron chi connectivity index (χ3n) is 8.81. The number of carbonyl (C=O) groups excluding carboxylic acids is 3. The second kappa shape index (κ2) is 7.12. The molecule has 0 heterocycles. The quantitative estimate of drug-likeness (QED) is 0.772. The van der Waals surface area contributed by atoms with Gasteiger partial charge in [0.25, 0.3) is 0 Å². The Hall–Kier alpha value is -1.43. The van der Waals surface area contributed by atoms with E-state index in [1.807, 2.05) is 0 Å². The lowest BCUT2D eigenvalue weighted by molar-refractivity contribution is -0.160. The Balaban J connectivity index is 1.49. The van der Waals surface area contributed by atoms with Crippen LogP contribution in [0.15, 0.2) is 0 Å². The van der Waals surface area contributed by atoms with Crippen molar-refractivity contribution in [3.05, 3.63) is 0 Å². The van der Waals surface area contributed by atoms with Gasteiger partial charge in [0.1, 0.15) is 17.7 Å². The van der Waals surface area contributed by atoms with Crippen molar-refractivity contribution in [2.24, 2.45) is 40.2 Å². The van der Waals surface area contributed by atoms with Crippen molar-refractivity contribution < 1.29 is 19.1 Å². The molecule has 4 rings (SSSR count). The molecule has 4 aliphatic carbocycles. The van der Waals surface area contributed by atoms with E-state index in [1.165, 1.54) is 0 Å². The summed E-state index contributed by atoms with van der Waals surface area (Å²) < 4.78 is 5.57. The van der Waals surface area contributed by atoms with Crippen molar-refractivity contribution in [2.75, 3.05) is 13.1 Å². The molecule has 0 radical (unpaired) electrons. The van der Waals surface area contributed by atoms with E-state index in [2.05, 4.69) is 19.2 Å². The largest absolute Gasteiger partial charge is 0.446 e. The lowest BCUT2D eigenvalue weighted by Crippen LogP contribution is -2.57. The molecule has 2 unspecified atom stereocenters. The summed E-state index contributed by atoms with van der Waals surface area (Å²) in [7, 11) is 0. The monoisotopic (exact) mass is 390 g/mol. The Labute approximate surface area is 167 Å². The first-order chi connectivity index (χ1) is 13.3. The first-order valence-corrected chi connectivity index (χ1v) is 11.0. The Bertz CT molecular complexity index is 679. The van der Waals surface area contributed by atoms with Crippen LogP contribution in [0.1, 0.15) is 65.2 Å². The zero-order valence-electron chi connectivity index (χ0n) is 17.2. The van der Waals surface area contributed by atoms with Gasteiger partial charge in [0.15, 0.2) is 0 Å².